The maximum Gasteiger partial charge on any atom is 4.00 e. The molecule has 0 aliphatic heterocycles. The molecule has 128 valence electrons. The van der Waals surface area contributed by atoms with Crippen LogP contribution in [-0.2, 0) is 26.2 Å². The molecule has 0 radical (unpaired) electrons. The van der Waals surface area contributed by atoms with E-state index in [1.807, 2.05) is 0 Å². The molecule has 0 amide bonds. The predicted octanol–water partition coefficient (Wildman–Crippen LogP) is 0.230. The average Bonchev–Trinajstić information content (AvgIpc) is 3.07. The molecule has 0 saturated carbocycles. The molecule has 0 fully saturated rings. The molecule has 0 N–H and O–H groups in total. The van der Waals surface area contributed by atoms with Crippen LogP contribution in [0.5, 0.6) is 0 Å². The SMILES string of the molecule is CCC1=[C-]CC=C1C(C)C.CCC1=[C-]CC=C1C(C)C.[Cl-].[Cl-].[Zr+4]. The van der Waals surface area contributed by atoms with Gasteiger partial charge in [-0.05, 0) is 0 Å². The molecule has 0 unspecified atom stereocenters. The second-order valence-electron chi connectivity index (χ2n) is 6.05. The Bertz CT molecular complexity index is 399. The van der Waals surface area contributed by atoms with Crippen molar-refractivity contribution in [2.75, 3.05) is 0 Å². The van der Waals surface area contributed by atoms with E-state index in [1.165, 1.54) is 22.3 Å². The normalized spacial score (nSPS) is 15.3. The number of halogens is 2. The number of hydrogen-bond acceptors (Lipinski definition) is 0. The van der Waals surface area contributed by atoms with Gasteiger partial charge in [-0.1, -0.05) is 66.2 Å². The first-order chi connectivity index (χ1) is 9.51. The molecule has 3 heteroatoms. The minimum Gasteiger partial charge on any atom is -1.00 e. The van der Waals surface area contributed by atoms with Crippen LogP contribution in [-0.4, -0.2) is 0 Å². The van der Waals surface area contributed by atoms with Gasteiger partial charge in [0.25, 0.3) is 0 Å². The minimum absolute atomic E-state index is 0. The van der Waals surface area contributed by atoms with Crippen molar-refractivity contribution in [3.63, 3.8) is 0 Å². The predicted molar refractivity (Wildman–Crippen MR) is 89.2 cm³/mol. The second kappa shape index (κ2) is 14.7. The number of rotatable bonds is 4. The van der Waals surface area contributed by atoms with Crippen LogP contribution in [0.25, 0.3) is 0 Å². The molecule has 0 bridgehead atoms. The maximum absolute atomic E-state index is 3.36. The molecular formula is C20H30Cl2Zr. The Morgan fingerprint density at radius 3 is 1.26 bits per heavy atom. The maximum atomic E-state index is 3.36. The van der Waals surface area contributed by atoms with Crippen LogP contribution in [0.1, 0.15) is 67.2 Å². The fourth-order valence-corrected chi connectivity index (χ4v) is 2.85. The molecule has 0 nitrogen and oxygen atoms in total. The Morgan fingerprint density at radius 2 is 1.09 bits per heavy atom. The van der Waals surface area contributed by atoms with Gasteiger partial charge in [0.05, 0.1) is 0 Å². The Balaban J connectivity index is -0.000000308. The van der Waals surface area contributed by atoms with Crippen molar-refractivity contribution in [3.8, 4) is 0 Å². The van der Waals surface area contributed by atoms with Crippen LogP contribution in [0.3, 0.4) is 0 Å². The molecule has 0 spiro atoms. The third kappa shape index (κ3) is 8.90. The first-order valence-corrected chi connectivity index (χ1v) is 8.11. The summed E-state index contributed by atoms with van der Waals surface area (Å²) in [5.74, 6) is 1.37. The monoisotopic (exact) mass is 430 g/mol. The Kier molecular flexibility index (Phi) is 18.1. The van der Waals surface area contributed by atoms with Crippen molar-refractivity contribution < 1.29 is 51.0 Å². The van der Waals surface area contributed by atoms with E-state index < -0.39 is 0 Å². The van der Waals surface area contributed by atoms with Gasteiger partial charge in [-0.3, -0.25) is 12.2 Å². The number of allylic oxidation sites excluding steroid dienone is 8. The summed E-state index contributed by atoms with van der Waals surface area (Å²) in [6.45, 7) is 13.4. The smallest absolute Gasteiger partial charge is 1.00 e. The van der Waals surface area contributed by atoms with Crippen LogP contribution in [0.4, 0.5) is 0 Å². The minimum atomic E-state index is 0. The molecule has 2 rings (SSSR count). The molecule has 0 aromatic heterocycles. The Labute approximate surface area is 175 Å². The fraction of sp³-hybridized carbons (Fsp3) is 0.600. The van der Waals surface area contributed by atoms with E-state index >= 15 is 0 Å². The first kappa shape index (κ1) is 28.2. The number of hydrogen-bond donors (Lipinski definition) is 0. The van der Waals surface area contributed by atoms with Gasteiger partial charge in [0.15, 0.2) is 0 Å². The van der Waals surface area contributed by atoms with Crippen molar-refractivity contribution in [3.05, 3.63) is 46.6 Å². The zero-order valence-electron chi connectivity index (χ0n) is 15.4. The van der Waals surface area contributed by atoms with Crippen LogP contribution >= 0.6 is 0 Å². The van der Waals surface area contributed by atoms with E-state index in [0.717, 1.165) is 25.7 Å². The third-order valence-electron chi connectivity index (χ3n) is 3.92. The standard InChI is InChI=1S/2C10H15.2ClH.Zr/c2*1-4-9-6-5-7-10(9)8(2)3;;;/h2*7-8H,4-5H2,1-3H3;2*1H;/q2*-1;;;+4/p-2. The summed E-state index contributed by atoms with van der Waals surface area (Å²) >= 11 is 0. The summed E-state index contributed by atoms with van der Waals surface area (Å²) in [6.07, 6.45) is 15.7. The molecule has 0 atom stereocenters. The van der Waals surface area contributed by atoms with Crippen molar-refractivity contribution in [2.45, 2.75) is 67.2 Å². The molecule has 0 saturated heterocycles. The van der Waals surface area contributed by atoms with Crippen molar-refractivity contribution in [1.82, 2.24) is 0 Å². The van der Waals surface area contributed by atoms with E-state index in [1.54, 1.807) is 0 Å². The molecule has 2 aliphatic rings. The Morgan fingerprint density at radius 1 is 0.783 bits per heavy atom. The molecule has 0 aromatic carbocycles. The largest absolute Gasteiger partial charge is 4.00 e. The van der Waals surface area contributed by atoms with Gasteiger partial charge in [0.2, 0.25) is 0 Å². The van der Waals surface area contributed by atoms with Crippen LogP contribution in [0.2, 0.25) is 0 Å². The van der Waals surface area contributed by atoms with Crippen LogP contribution < -0.4 is 24.8 Å². The molecule has 23 heavy (non-hydrogen) atoms. The van der Waals surface area contributed by atoms with E-state index in [0.29, 0.717) is 11.8 Å². The fourth-order valence-electron chi connectivity index (χ4n) is 2.85. The second-order valence-corrected chi connectivity index (χ2v) is 6.05. The molecule has 0 aromatic rings. The zero-order chi connectivity index (χ0) is 15.1. The van der Waals surface area contributed by atoms with Gasteiger partial charge >= 0.3 is 26.2 Å². The summed E-state index contributed by atoms with van der Waals surface area (Å²) < 4.78 is 0. The summed E-state index contributed by atoms with van der Waals surface area (Å²) in [7, 11) is 0. The average molecular weight is 433 g/mol. The van der Waals surface area contributed by atoms with Gasteiger partial charge in [-0.2, -0.15) is 23.3 Å². The van der Waals surface area contributed by atoms with Crippen LogP contribution in [0.15, 0.2) is 34.4 Å². The quantitative estimate of drug-likeness (QED) is 0.558. The van der Waals surface area contributed by atoms with Gasteiger partial charge in [0, 0.05) is 0 Å². The van der Waals surface area contributed by atoms with Crippen molar-refractivity contribution >= 4 is 0 Å². The first-order valence-electron chi connectivity index (χ1n) is 8.11. The summed E-state index contributed by atoms with van der Waals surface area (Å²) in [5, 5.41) is 0. The molecular weight excluding hydrogens is 402 g/mol. The van der Waals surface area contributed by atoms with Crippen LogP contribution in [0, 0.1) is 24.0 Å². The molecule has 2 aliphatic carbocycles. The van der Waals surface area contributed by atoms with Gasteiger partial charge in [-0.15, -0.1) is 12.8 Å². The van der Waals surface area contributed by atoms with Crippen molar-refractivity contribution in [1.29, 1.82) is 0 Å². The summed E-state index contributed by atoms with van der Waals surface area (Å²) in [4.78, 5) is 0. The van der Waals surface area contributed by atoms with E-state index in [-0.39, 0.29) is 51.0 Å². The van der Waals surface area contributed by atoms with E-state index in [2.05, 4.69) is 65.8 Å². The summed E-state index contributed by atoms with van der Waals surface area (Å²) in [5.41, 5.74) is 5.91. The van der Waals surface area contributed by atoms with Gasteiger partial charge in [-0.25, -0.2) is 11.1 Å². The Hall–Kier alpha value is 0.423. The van der Waals surface area contributed by atoms with Gasteiger partial charge < -0.3 is 24.8 Å². The van der Waals surface area contributed by atoms with E-state index in [9.17, 15) is 0 Å². The zero-order valence-corrected chi connectivity index (χ0v) is 19.4. The van der Waals surface area contributed by atoms with E-state index in [4.69, 9.17) is 0 Å². The van der Waals surface area contributed by atoms with Crippen molar-refractivity contribution in [2.24, 2.45) is 11.8 Å². The summed E-state index contributed by atoms with van der Waals surface area (Å²) in [6, 6.07) is 0. The topological polar surface area (TPSA) is 0 Å². The third-order valence-corrected chi connectivity index (χ3v) is 3.92. The van der Waals surface area contributed by atoms with Gasteiger partial charge in [0.1, 0.15) is 0 Å². The molecule has 0 heterocycles.